The summed E-state index contributed by atoms with van der Waals surface area (Å²) in [6, 6.07) is 10.2. The van der Waals surface area contributed by atoms with Crippen molar-refractivity contribution in [3.63, 3.8) is 0 Å². The fraction of sp³-hybridized carbons (Fsp3) is 0.0714. The zero-order valence-corrected chi connectivity index (χ0v) is 13.0. The van der Waals surface area contributed by atoms with Gasteiger partial charge < -0.3 is 10.4 Å². The molecule has 1 amide bonds. The number of phenolic OH excluding ortho intramolecular Hbond substituents is 1. The number of anilines is 1. The average molecular weight is 388 g/mol. The number of carbonyl (C=O) groups excluding carboxylic acids is 1. The van der Waals surface area contributed by atoms with Gasteiger partial charge in [-0.2, -0.15) is 0 Å². The molecule has 0 aliphatic carbocycles. The molecule has 0 saturated carbocycles. The van der Waals surface area contributed by atoms with Crippen LogP contribution in [0.3, 0.4) is 0 Å². The van der Waals surface area contributed by atoms with Crippen molar-refractivity contribution in [2.45, 2.75) is 6.92 Å². The standard InChI is InChI=1S/C14H11ClINO2/c1-8-3-2-4-11(15)13(8)17-14(19)10-7-9(16)5-6-12(10)18/h2-7,18H,1H3,(H,17,19). The van der Waals surface area contributed by atoms with Crippen molar-refractivity contribution in [1.82, 2.24) is 0 Å². The molecule has 0 aliphatic rings. The second-order valence-electron chi connectivity index (χ2n) is 4.05. The molecular weight excluding hydrogens is 377 g/mol. The molecule has 2 rings (SSSR count). The van der Waals surface area contributed by atoms with Crippen LogP contribution < -0.4 is 5.32 Å². The van der Waals surface area contributed by atoms with Crippen molar-refractivity contribution < 1.29 is 9.90 Å². The molecule has 0 unspecified atom stereocenters. The summed E-state index contributed by atoms with van der Waals surface area (Å²) in [5.74, 6) is -0.435. The Balaban J connectivity index is 2.34. The summed E-state index contributed by atoms with van der Waals surface area (Å²) in [6.07, 6.45) is 0. The molecule has 98 valence electrons. The molecule has 2 aromatic carbocycles. The van der Waals surface area contributed by atoms with Gasteiger partial charge in [0.15, 0.2) is 0 Å². The van der Waals surface area contributed by atoms with Crippen LogP contribution in [0, 0.1) is 10.5 Å². The minimum absolute atomic E-state index is 0.0531. The maximum Gasteiger partial charge on any atom is 0.259 e. The number of nitrogens with one attached hydrogen (secondary N) is 1. The summed E-state index contributed by atoms with van der Waals surface area (Å²) in [7, 11) is 0. The van der Waals surface area contributed by atoms with Gasteiger partial charge in [-0.15, -0.1) is 0 Å². The molecule has 0 bridgehead atoms. The lowest BCUT2D eigenvalue weighted by atomic mass is 10.1. The monoisotopic (exact) mass is 387 g/mol. The Hall–Kier alpha value is -1.27. The van der Waals surface area contributed by atoms with Crippen LogP contribution in [0.1, 0.15) is 15.9 Å². The fourth-order valence-electron chi connectivity index (χ4n) is 1.66. The van der Waals surface area contributed by atoms with E-state index in [1.807, 2.05) is 19.1 Å². The van der Waals surface area contributed by atoms with Crippen molar-refractivity contribution in [2.24, 2.45) is 0 Å². The molecule has 0 fully saturated rings. The lowest BCUT2D eigenvalue weighted by molar-refractivity contribution is 0.102. The van der Waals surface area contributed by atoms with Crippen LogP contribution in [0.2, 0.25) is 5.02 Å². The van der Waals surface area contributed by atoms with E-state index in [-0.39, 0.29) is 17.2 Å². The van der Waals surface area contributed by atoms with Gasteiger partial charge in [0.1, 0.15) is 5.75 Å². The van der Waals surface area contributed by atoms with E-state index in [0.29, 0.717) is 10.7 Å². The van der Waals surface area contributed by atoms with Crippen LogP contribution in [-0.4, -0.2) is 11.0 Å². The summed E-state index contributed by atoms with van der Waals surface area (Å²) in [5.41, 5.74) is 1.66. The van der Waals surface area contributed by atoms with E-state index in [9.17, 15) is 9.90 Å². The molecule has 0 radical (unpaired) electrons. The predicted octanol–water partition coefficient (Wildman–Crippen LogP) is 4.21. The molecule has 0 heterocycles. The molecule has 5 heteroatoms. The molecule has 0 aliphatic heterocycles. The fourth-order valence-corrected chi connectivity index (χ4v) is 2.42. The van der Waals surface area contributed by atoms with E-state index in [1.165, 1.54) is 6.07 Å². The van der Waals surface area contributed by atoms with E-state index in [4.69, 9.17) is 11.6 Å². The first-order valence-corrected chi connectivity index (χ1v) is 6.99. The zero-order valence-electron chi connectivity index (χ0n) is 10.1. The van der Waals surface area contributed by atoms with Gasteiger partial charge in [0.2, 0.25) is 0 Å². The number of halogens is 2. The van der Waals surface area contributed by atoms with E-state index in [0.717, 1.165) is 9.13 Å². The maximum absolute atomic E-state index is 12.2. The van der Waals surface area contributed by atoms with Gasteiger partial charge in [0.25, 0.3) is 5.91 Å². The number of hydrogen-bond donors (Lipinski definition) is 2. The average Bonchev–Trinajstić information content (AvgIpc) is 2.37. The SMILES string of the molecule is Cc1cccc(Cl)c1NC(=O)c1cc(I)ccc1O. The Morgan fingerprint density at radius 2 is 2.05 bits per heavy atom. The van der Waals surface area contributed by atoms with Gasteiger partial charge in [0.05, 0.1) is 16.3 Å². The lowest BCUT2D eigenvalue weighted by Crippen LogP contribution is -2.13. The highest BCUT2D eigenvalue weighted by atomic mass is 127. The molecule has 2 N–H and O–H groups in total. The van der Waals surface area contributed by atoms with Crippen LogP contribution in [-0.2, 0) is 0 Å². The molecule has 19 heavy (non-hydrogen) atoms. The van der Waals surface area contributed by atoms with Crippen LogP contribution >= 0.6 is 34.2 Å². The Bertz CT molecular complexity index is 623. The molecule has 0 aromatic heterocycles. The number of rotatable bonds is 2. The first-order chi connectivity index (χ1) is 8.99. The summed E-state index contributed by atoms with van der Waals surface area (Å²) >= 11 is 8.14. The van der Waals surface area contributed by atoms with Crippen molar-refractivity contribution in [2.75, 3.05) is 5.32 Å². The lowest BCUT2D eigenvalue weighted by Gasteiger charge is -2.11. The second kappa shape index (κ2) is 5.79. The number of aromatic hydroxyl groups is 1. The predicted molar refractivity (Wildman–Crippen MR) is 85.0 cm³/mol. The Morgan fingerprint density at radius 3 is 2.74 bits per heavy atom. The van der Waals surface area contributed by atoms with E-state index in [2.05, 4.69) is 27.9 Å². The number of hydrogen-bond acceptors (Lipinski definition) is 2. The molecular formula is C14H11ClINO2. The second-order valence-corrected chi connectivity index (χ2v) is 5.70. The minimum Gasteiger partial charge on any atom is -0.507 e. The number of carbonyl (C=O) groups is 1. The third kappa shape index (κ3) is 3.19. The number of para-hydroxylation sites is 1. The van der Waals surface area contributed by atoms with Crippen LogP contribution in [0.15, 0.2) is 36.4 Å². The highest BCUT2D eigenvalue weighted by Crippen LogP contribution is 2.27. The van der Waals surface area contributed by atoms with Crippen LogP contribution in [0.5, 0.6) is 5.75 Å². The number of benzene rings is 2. The smallest absolute Gasteiger partial charge is 0.259 e. The quantitative estimate of drug-likeness (QED) is 0.758. The Morgan fingerprint density at radius 1 is 1.32 bits per heavy atom. The first-order valence-electron chi connectivity index (χ1n) is 5.54. The van der Waals surface area contributed by atoms with Gasteiger partial charge >= 0.3 is 0 Å². The van der Waals surface area contributed by atoms with Crippen molar-refractivity contribution in [3.05, 3.63) is 56.1 Å². The van der Waals surface area contributed by atoms with Crippen molar-refractivity contribution in [1.29, 1.82) is 0 Å². The normalized spacial score (nSPS) is 10.3. The third-order valence-electron chi connectivity index (χ3n) is 2.66. The Labute approximate surface area is 129 Å². The molecule has 2 aromatic rings. The van der Waals surface area contributed by atoms with Crippen LogP contribution in [0.25, 0.3) is 0 Å². The van der Waals surface area contributed by atoms with Crippen molar-refractivity contribution in [3.8, 4) is 5.75 Å². The largest absolute Gasteiger partial charge is 0.507 e. The molecule has 0 saturated heterocycles. The summed E-state index contributed by atoms with van der Waals surface area (Å²) in [5, 5.41) is 12.9. The van der Waals surface area contributed by atoms with Gasteiger partial charge in [0, 0.05) is 3.57 Å². The number of amides is 1. The molecule has 3 nitrogen and oxygen atoms in total. The first kappa shape index (κ1) is 14.1. The third-order valence-corrected chi connectivity index (χ3v) is 3.65. The highest BCUT2D eigenvalue weighted by molar-refractivity contribution is 14.1. The summed E-state index contributed by atoms with van der Waals surface area (Å²) in [6.45, 7) is 1.86. The van der Waals surface area contributed by atoms with Crippen molar-refractivity contribution >= 4 is 45.8 Å². The summed E-state index contributed by atoms with van der Waals surface area (Å²) in [4.78, 5) is 12.2. The summed E-state index contributed by atoms with van der Waals surface area (Å²) < 4.78 is 0.872. The van der Waals surface area contributed by atoms with E-state index in [1.54, 1.807) is 18.2 Å². The number of aryl methyl sites for hydroxylation is 1. The minimum atomic E-state index is -0.382. The molecule has 0 spiro atoms. The topological polar surface area (TPSA) is 49.3 Å². The Kier molecular flexibility index (Phi) is 4.31. The highest BCUT2D eigenvalue weighted by Gasteiger charge is 2.14. The van der Waals surface area contributed by atoms with Gasteiger partial charge in [-0.25, -0.2) is 0 Å². The van der Waals surface area contributed by atoms with E-state index < -0.39 is 0 Å². The maximum atomic E-state index is 12.2. The van der Waals surface area contributed by atoms with E-state index >= 15 is 0 Å². The van der Waals surface area contributed by atoms with Gasteiger partial charge in [-0.1, -0.05) is 23.7 Å². The zero-order chi connectivity index (χ0) is 14.0. The number of phenols is 1. The van der Waals surface area contributed by atoms with Gasteiger partial charge in [-0.05, 0) is 59.3 Å². The molecule has 0 atom stereocenters. The van der Waals surface area contributed by atoms with Gasteiger partial charge in [-0.3, -0.25) is 4.79 Å². The van der Waals surface area contributed by atoms with Crippen LogP contribution in [0.4, 0.5) is 5.69 Å².